The predicted molar refractivity (Wildman–Crippen MR) is 76.0 cm³/mol. The van der Waals surface area contributed by atoms with Gasteiger partial charge in [0.05, 0.1) is 0 Å². The van der Waals surface area contributed by atoms with E-state index in [9.17, 15) is 0 Å². The highest BCUT2D eigenvalue weighted by Crippen LogP contribution is 2.62. The smallest absolute Gasteiger partial charge is 0.0266 e. The van der Waals surface area contributed by atoms with Gasteiger partial charge in [-0.05, 0) is 66.6 Å². The van der Waals surface area contributed by atoms with Crippen molar-refractivity contribution < 1.29 is 0 Å². The summed E-state index contributed by atoms with van der Waals surface area (Å²) in [5.41, 5.74) is 1.92. The van der Waals surface area contributed by atoms with Crippen LogP contribution in [0.3, 0.4) is 0 Å². The second kappa shape index (κ2) is 4.00. The maximum Gasteiger partial charge on any atom is -0.0266 e. The van der Waals surface area contributed by atoms with Gasteiger partial charge >= 0.3 is 0 Å². The molecule has 0 aromatic heterocycles. The van der Waals surface area contributed by atoms with Crippen LogP contribution < -0.4 is 0 Å². The summed E-state index contributed by atoms with van der Waals surface area (Å²) < 4.78 is 0. The molecule has 100 valence electrons. The zero-order valence-corrected chi connectivity index (χ0v) is 12.9. The van der Waals surface area contributed by atoms with E-state index >= 15 is 0 Å². The van der Waals surface area contributed by atoms with Crippen molar-refractivity contribution in [3.8, 4) is 0 Å². The van der Waals surface area contributed by atoms with Crippen molar-refractivity contribution in [1.82, 2.24) is 0 Å². The molecule has 0 heteroatoms. The molecule has 3 atom stereocenters. The van der Waals surface area contributed by atoms with Gasteiger partial charge in [0.2, 0.25) is 0 Å². The maximum atomic E-state index is 2.54. The van der Waals surface area contributed by atoms with Crippen LogP contribution in [0.5, 0.6) is 0 Å². The Bertz CT molecular complexity index is 288. The van der Waals surface area contributed by atoms with Crippen LogP contribution in [0.2, 0.25) is 0 Å². The van der Waals surface area contributed by atoms with Crippen LogP contribution in [0.4, 0.5) is 0 Å². The van der Waals surface area contributed by atoms with E-state index in [1.54, 1.807) is 0 Å². The Morgan fingerprint density at radius 2 is 1.53 bits per heavy atom. The van der Waals surface area contributed by atoms with Gasteiger partial charge in [0.25, 0.3) is 0 Å². The van der Waals surface area contributed by atoms with Crippen molar-refractivity contribution in [3.63, 3.8) is 0 Å². The monoisotopic (exact) mass is 236 g/mol. The molecule has 0 bridgehead atoms. The average Bonchev–Trinajstić information content (AvgIpc) is 2.54. The molecule has 0 saturated heterocycles. The van der Waals surface area contributed by atoms with Crippen molar-refractivity contribution >= 4 is 0 Å². The summed E-state index contributed by atoms with van der Waals surface area (Å²) >= 11 is 0. The molecule has 0 nitrogen and oxygen atoms in total. The second-order valence-electron chi connectivity index (χ2n) is 8.62. The normalized spacial score (nSPS) is 45.7. The van der Waals surface area contributed by atoms with Gasteiger partial charge in [-0.3, -0.25) is 0 Å². The molecule has 2 aliphatic carbocycles. The van der Waals surface area contributed by atoms with E-state index in [-0.39, 0.29) is 0 Å². The Hall–Kier alpha value is 0. The van der Waals surface area contributed by atoms with Crippen LogP contribution in [0.25, 0.3) is 0 Å². The quantitative estimate of drug-likeness (QED) is 0.550. The summed E-state index contributed by atoms with van der Waals surface area (Å²) in [7, 11) is 0. The fraction of sp³-hybridized carbons (Fsp3) is 1.00. The Balaban J connectivity index is 2.13. The summed E-state index contributed by atoms with van der Waals surface area (Å²) in [6, 6.07) is 0. The Kier molecular flexibility index (Phi) is 3.16. The Morgan fingerprint density at radius 1 is 0.941 bits per heavy atom. The first-order valence-corrected chi connectivity index (χ1v) is 7.69. The standard InChI is InChI=1S/C17H32/c1-13(2)16(6)8-10-17(12-16)9-7-15(4,5)11-14(17)3/h13-14H,7-12H2,1-6H3. The molecule has 2 fully saturated rings. The van der Waals surface area contributed by atoms with E-state index < -0.39 is 0 Å². The van der Waals surface area contributed by atoms with Crippen molar-refractivity contribution in [2.45, 2.75) is 80.1 Å². The van der Waals surface area contributed by atoms with Gasteiger partial charge in [0.1, 0.15) is 0 Å². The predicted octanol–water partition coefficient (Wildman–Crippen LogP) is 5.67. The molecule has 2 aliphatic rings. The zero-order chi connectivity index (χ0) is 12.9. The molecule has 0 aromatic carbocycles. The zero-order valence-electron chi connectivity index (χ0n) is 12.9. The summed E-state index contributed by atoms with van der Waals surface area (Å²) in [5, 5.41) is 0. The van der Waals surface area contributed by atoms with E-state index in [0.717, 1.165) is 11.8 Å². The minimum absolute atomic E-state index is 0.599. The molecule has 2 rings (SSSR count). The summed E-state index contributed by atoms with van der Waals surface area (Å²) in [6.07, 6.45) is 8.85. The second-order valence-corrected chi connectivity index (χ2v) is 8.62. The van der Waals surface area contributed by atoms with Gasteiger partial charge in [-0.2, -0.15) is 0 Å². The molecule has 17 heavy (non-hydrogen) atoms. The molecule has 0 aromatic rings. The lowest BCUT2D eigenvalue weighted by molar-refractivity contribution is 0.0269. The van der Waals surface area contributed by atoms with Crippen LogP contribution in [0.1, 0.15) is 80.1 Å². The highest BCUT2D eigenvalue weighted by atomic mass is 14.6. The average molecular weight is 236 g/mol. The topological polar surface area (TPSA) is 0 Å². The van der Waals surface area contributed by atoms with E-state index in [4.69, 9.17) is 0 Å². The molecule has 2 saturated carbocycles. The third-order valence-electron chi connectivity index (χ3n) is 6.55. The van der Waals surface area contributed by atoms with Gasteiger partial charge < -0.3 is 0 Å². The van der Waals surface area contributed by atoms with Crippen LogP contribution in [0.15, 0.2) is 0 Å². The Labute approximate surface area is 109 Å². The van der Waals surface area contributed by atoms with E-state index in [2.05, 4.69) is 41.5 Å². The molecule has 0 aliphatic heterocycles. The molecule has 3 unspecified atom stereocenters. The largest absolute Gasteiger partial charge is 0.0623 e. The van der Waals surface area contributed by atoms with E-state index in [1.165, 1.54) is 38.5 Å². The highest BCUT2D eigenvalue weighted by molar-refractivity contribution is 5.02. The molecular formula is C17H32. The molecule has 0 amide bonds. The first-order chi connectivity index (χ1) is 7.69. The van der Waals surface area contributed by atoms with Gasteiger partial charge in [-0.25, -0.2) is 0 Å². The van der Waals surface area contributed by atoms with Crippen molar-refractivity contribution in [2.75, 3.05) is 0 Å². The summed E-state index contributed by atoms with van der Waals surface area (Å²) in [5.74, 6) is 1.79. The minimum Gasteiger partial charge on any atom is -0.0623 e. The Morgan fingerprint density at radius 3 is 2.00 bits per heavy atom. The van der Waals surface area contributed by atoms with E-state index in [0.29, 0.717) is 16.2 Å². The molecule has 0 heterocycles. The molecule has 0 radical (unpaired) electrons. The summed E-state index contributed by atoms with van der Waals surface area (Å²) in [4.78, 5) is 0. The lowest BCUT2D eigenvalue weighted by Crippen LogP contribution is -2.37. The molecule has 0 N–H and O–H groups in total. The van der Waals surface area contributed by atoms with Gasteiger partial charge in [0.15, 0.2) is 0 Å². The third-order valence-corrected chi connectivity index (χ3v) is 6.55. The van der Waals surface area contributed by atoms with Crippen LogP contribution in [-0.4, -0.2) is 0 Å². The molecule has 1 spiro atoms. The summed E-state index contributed by atoms with van der Waals surface area (Å²) in [6.45, 7) is 14.9. The lowest BCUT2D eigenvalue weighted by Gasteiger charge is -2.48. The number of hydrogen-bond donors (Lipinski definition) is 0. The van der Waals surface area contributed by atoms with Crippen molar-refractivity contribution in [2.24, 2.45) is 28.1 Å². The fourth-order valence-electron chi connectivity index (χ4n) is 4.62. The van der Waals surface area contributed by atoms with Gasteiger partial charge in [0, 0.05) is 0 Å². The SMILES string of the molecule is CC(C)C1(C)CCC2(CCC(C)(C)CC2C)C1. The lowest BCUT2D eigenvalue weighted by atomic mass is 9.57. The molecular weight excluding hydrogens is 204 g/mol. The number of rotatable bonds is 1. The first-order valence-electron chi connectivity index (χ1n) is 7.69. The number of hydrogen-bond acceptors (Lipinski definition) is 0. The van der Waals surface area contributed by atoms with E-state index in [1.807, 2.05) is 0 Å². The fourth-order valence-corrected chi connectivity index (χ4v) is 4.62. The maximum absolute atomic E-state index is 2.54. The van der Waals surface area contributed by atoms with Crippen LogP contribution >= 0.6 is 0 Å². The van der Waals surface area contributed by atoms with Crippen molar-refractivity contribution in [3.05, 3.63) is 0 Å². The first kappa shape index (κ1) is 13.4. The van der Waals surface area contributed by atoms with Gasteiger partial charge in [-0.1, -0.05) is 41.5 Å². The van der Waals surface area contributed by atoms with Crippen LogP contribution in [0, 0.1) is 28.1 Å². The van der Waals surface area contributed by atoms with Crippen LogP contribution in [-0.2, 0) is 0 Å². The highest BCUT2D eigenvalue weighted by Gasteiger charge is 2.52. The third kappa shape index (κ3) is 2.29. The van der Waals surface area contributed by atoms with Gasteiger partial charge in [-0.15, -0.1) is 0 Å². The minimum atomic E-state index is 0.599. The van der Waals surface area contributed by atoms with Crippen molar-refractivity contribution in [1.29, 1.82) is 0 Å².